The molecule has 0 aromatic carbocycles. The van der Waals surface area contributed by atoms with Crippen molar-refractivity contribution in [3.63, 3.8) is 0 Å². The van der Waals surface area contributed by atoms with Gasteiger partial charge in [-0.15, -0.1) is 0 Å². The molecule has 2 nitrogen and oxygen atoms in total. The molecule has 0 bridgehead atoms. The third-order valence-electron chi connectivity index (χ3n) is 2.62. The zero-order valence-corrected chi connectivity index (χ0v) is 11.9. The lowest BCUT2D eigenvalue weighted by Gasteiger charge is -2.32. The van der Waals surface area contributed by atoms with Crippen LogP contribution in [0.25, 0.3) is 0 Å². The quantitative estimate of drug-likeness (QED) is 0.480. The monoisotopic (exact) mass is 226 g/mol. The van der Waals surface area contributed by atoms with Crippen LogP contribution in [-0.4, -0.2) is 37.6 Å². The predicted octanol–water partition coefficient (Wildman–Crippen LogP) is 2.91. The van der Waals surface area contributed by atoms with Gasteiger partial charge in [0.1, 0.15) is 0 Å². The fraction of sp³-hybridized carbons (Fsp3) is 0.857. The van der Waals surface area contributed by atoms with Gasteiger partial charge in [0, 0.05) is 19.6 Å². The van der Waals surface area contributed by atoms with E-state index in [-0.39, 0.29) is 0 Å². The van der Waals surface area contributed by atoms with Gasteiger partial charge in [-0.3, -0.25) is 4.90 Å². The average Bonchev–Trinajstić information content (AvgIpc) is 2.15. The Morgan fingerprint density at radius 3 is 2.38 bits per heavy atom. The molecule has 0 amide bonds. The van der Waals surface area contributed by atoms with E-state index in [2.05, 4.69) is 51.4 Å². The van der Waals surface area contributed by atoms with Crippen LogP contribution in [0, 0.1) is 5.41 Å². The molecule has 0 unspecified atom stereocenters. The van der Waals surface area contributed by atoms with Crippen LogP contribution in [0.1, 0.15) is 41.0 Å². The molecule has 0 radical (unpaired) electrons. The molecule has 0 fully saturated rings. The molecule has 0 aliphatic rings. The lowest BCUT2D eigenvalue weighted by Crippen LogP contribution is -2.41. The normalized spacial score (nSPS) is 12.1. The van der Waals surface area contributed by atoms with Gasteiger partial charge in [-0.1, -0.05) is 39.8 Å². The van der Waals surface area contributed by atoms with E-state index in [9.17, 15) is 0 Å². The van der Waals surface area contributed by atoms with Crippen molar-refractivity contribution in [2.45, 2.75) is 41.0 Å². The van der Waals surface area contributed by atoms with Gasteiger partial charge in [0.05, 0.1) is 0 Å². The summed E-state index contributed by atoms with van der Waals surface area (Å²) in [5, 5.41) is 3.51. The summed E-state index contributed by atoms with van der Waals surface area (Å²) in [5.74, 6) is 0. The molecular weight excluding hydrogens is 196 g/mol. The SMILES string of the molecule is C=C(C)CN(CC)CC(C)(C)CNCCC. The number of nitrogens with zero attached hydrogens (tertiary/aromatic N) is 1. The van der Waals surface area contributed by atoms with E-state index in [1.165, 1.54) is 12.0 Å². The Bertz CT molecular complexity index is 197. The van der Waals surface area contributed by atoms with Crippen LogP contribution in [0.2, 0.25) is 0 Å². The van der Waals surface area contributed by atoms with Crippen molar-refractivity contribution < 1.29 is 0 Å². The average molecular weight is 226 g/mol. The van der Waals surface area contributed by atoms with E-state index >= 15 is 0 Å². The second kappa shape index (κ2) is 7.86. The molecule has 0 saturated heterocycles. The van der Waals surface area contributed by atoms with Crippen molar-refractivity contribution in [2.75, 3.05) is 32.7 Å². The molecule has 0 aromatic rings. The molecule has 96 valence electrons. The smallest absolute Gasteiger partial charge is 0.0187 e. The maximum atomic E-state index is 3.99. The van der Waals surface area contributed by atoms with Crippen molar-refractivity contribution in [1.29, 1.82) is 0 Å². The number of rotatable bonds is 9. The van der Waals surface area contributed by atoms with E-state index in [0.717, 1.165) is 32.7 Å². The van der Waals surface area contributed by atoms with E-state index in [4.69, 9.17) is 0 Å². The minimum Gasteiger partial charge on any atom is -0.316 e. The summed E-state index contributed by atoms with van der Waals surface area (Å²) < 4.78 is 0. The summed E-state index contributed by atoms with van der Waals surface area (Å²) in [5.41, 5.74) is 1.58. The molecule has 0 atom stereocenters. The predicted molar refractivity (Wildman–Crippen MR) is 73.9 cm³/mol. The van der Waals surface area contributed by atoms with Gasteiger partial charge in [-0.25, -0.2) is 0 Å². The minimum atomic E-state index is 0.334. The Morgan fingerprint density at radius 1 is 1.31 bits per heavy atom. The standard InChI is InChI=1S/C14H30N2/c1-7-9-15-11-14(5,6)12-16(8-2)10-13(3)4/h15H,3,7-12H2,1-2,4-6H3. The van der Waals surface area contributed by atoms with Crippen molar-refractivity contribution in [2.24, 2.45) is 5.41 Å². The molecule has 1 N–H and O–H groups in total. The van der Waals surface area contributed by atoms with Crippen LogP contribution < -0.4 is 5.32 Å². The number of nitrogens with one attached hydrogen (secondary N) is 1. The van der Waals surface area contributed by atoms with Crippen LogP contribution in [0.3, 0.4) is 0 Å². The molecule has 0 saturated carbocycles. The third-order valence-corrected chi connectivity index (χ3v) is 2.62. The Balaban J connectivity index is 4.03. The van der Waals surface area contributed by atoms with Crippen molar-refractivity contribution in [3.05, 3.63) is 12.2 Å². The topological polar surface area (TPSA) is 15.3 Å². The molecule has 0 heterocycles. The molecule has 0 aromatic heterocycles. The van der Waals surface area contributed by atoms with Crippen LogP contribution in [0.4, 0.5) is 0 Å². The summed E-state index contributed by atoms with van der Waals surface area (Å²) in [6.07, 6.45) is 1.21. The zero-order chi connectivity index (χ0) is 12.6. The first kappa shape index (κ1) is 15.7. The van der Waals surface area contributed by atoms with Gasteiger partial charge in [-0.2, -0.15) is 0 Å². The molecule has 16 heavy (non-hydrogen) atoms. The molecule has 0 aliphatic carbocycles. The summed E-state index contributed by atoms with van der Waals surface area (Å²) >= 11 is 0. The van der Waals surface area contributed by atoms with Gasteiger partial charge < -0.3 is 5.32 Å². The Hall–Kier alpha value is -0.340. The van der Waals surface area contributed by atoms with Gasteiger partial charge in [0.25, 0.3) is 0 Å². The van der Waals surface area contributed by atoms with E-state index in [1.54, 1.807) is 0 Å². The number of likely N-dealkylation sites (N-methyl/N-ethyl adjacent to an activating group) is 1. The minimum absolute atomic E-state index is 0.334. The van der Waals surface area contributed by atoms with E-state index in [0.29, 0.717) is 5.41 Å². The van der Waals surface area contributed by atoms with Gasteiger partial charge >= 0.3 is 0 Å². The third kappa shape index (κ3) is 7.89. The molecular formula is C14H30N2. The first-order valence-electron chi connectivity index (χ1n) is 6.48. The Labute approximate surface area is 102 Å². The number of hydrogen-bond donors (Lipinski definition) is 1. The van der Waals surface area contributed by atoms with Crippen molar-refractivity contribution in [1.82, 2.24) is 10.2 Å². The second-order valence-electron chi connectivity index (χ2n) is 5.60. The van der Waals surface area contributed by atoms with Crippen LogP contribution in [-0.2, 0) is 0 Å². The van der Waals surface area contributed by atoms with Gasteiger partial charge in [0.15, 0.2) is 0 Å². The summed E-state index contributed by atoms with van der Waals surface area (Å²) in [6.45, 7) is 20.6. The van der Waals surface area contributed by atoms with Crippen LogP contribution in [0.5, 0.6) is 0 Å². The summed E-state index contributed by atoms with van der Waals surface area (Å²) in [4.78, 5) is 2.47. The second-order valence-corrected chi connectivity index (χ2v) is 5.60. The first-order valence-corrected chi connectivity index (χ1v) is 6.48. The molecule has 0 rings (SSSR count). The van der Waals surface area contributed by atoms with Crippen molar-refractivity contribution >= 4 is 0 Å². The van der Waals surface area contributed by atoms with E-state index in [1.807, 2.05) is 0 Å². The highest BCUT2D eigenvalue weighted by molar-refractivity contribution is 4.92. The highest BCUT2D eigenvalue weighted by Gasteiger charge is 2.20. The van der Waals surface area contributed by atoms with Crippen LogP contribution >= 0.6 is 0 Å². The summed E-state index contributed by atoms with van der Waals surface area (Å²) in [6, 6.07) is 0. The lowest BCUT2D eigenvalue weighted by atomic mass is 9.92. The van der Waals surface area contributed by atoms with Gasteiger partial charge in [0.2, 0.25) is 0 Å². The largest absolute Gasteiger partial charge is 0.316 e. The first-order chi connectivity index (χ1) is 7.41. The fourth-order valence-electron chi connectivity index (χ4n) is 1.93. The van der Waals surface area contributed by atoms with Gasteiger partial charge in [-0.05, 0) is 31.8 Å². The maximum absolute atomic E-state index is 3.99. The summed E-state index contributed by atoms with van der Waals surface area (Å²) in [7, 11) is 0. The maximum Gasteiger partial charge on any atom is 0.0187 e. The fourth-order valence-corrected chi connectivity index (χ4v) is 1.93. The zero-order valence-electron chi connectivity index (χ0n) is 11.9. The molecule has 0 spiro atoms. The molecule has 0 aliphatic heterocycles. The molecule has 2 heteroatoms. The highest BCUT2D eigenvalue weighted by Crippen LogP contribution is 2.16. The highest BCUT2D eigenvalue weighted by atomic mass is 15.1. The van der Waals surface area contributed by atoms with Crippen LogP contribution in [0.15, 0.2) is 12.2 Å². The lowest BCUT2D eigenvalue weighted by molar-refractivity contribution is 0.192. The van der Waals surface area contributed by atoms with E-state index < -0.39 is 0 Å². The Kier molecular flexibility index (Phi) is 7.69. The van der Waals surface area contributed by atoms with Crippen molar-refractivity contribution in [3.8, 4) is 0 Å². The Morgan fingerprint density at radius 2 is 1.94 bits per heavy atom. The number of hydrogen-bond acceptors (Lipinski definition) is 2.